The molecule has 0 fully saturated rings. The molecule has 0 aliphatic carbocycles. The zero-order chi connectivity index (χ0) is 14.6. The topological polar surface area (TPSA) is 41.3 Å². The van der Waals surface area contributed by atoms with Gasteiger partial charge in [0.15, 0.2) is 0 Å². The van der Waals surface area contributed by atoms with Crippen LogP contribution in [0.3, 0.4) is 0 Å². The molecule has 0 amide bonds. The van der Waals surface area contributed by atoms with Crippen LogP contribution in [0.5, 0.6) is 0 Å². The summed E-state index contributed by atoms with van der Waals surface area (Å²) in [5.74, 6) is 0.646. The molecule has 110 valence electrons. The van der Waals surface area contributed by atoms with Gasteiger partial charge in [-0.05, 0) is 33.2 Å². The molecule has 4 heteroatoms. The van der Waals surface area contributed by atoms with Crippen molar-refractivity contribution in [3.05, 3.63) is 17.0 Å². The molecule has 1 rings (SSSR count). The lowest BCUT2D eigenvalue weighted by molar-refractivity contribution is 0.168. The van der Waals surface area contributed by atoms with E-state index in [4.69, 9.17) is 5.11 Å². The van der Waals surface area contributed by atoms with E-state index in [9.17, 15) is 0 Å². The third kappa shape index (κ3) is 3.80. The van der Waals surface area contributed by atoms with Crippen molar-refractivity contribution >= 4 is 0 Å². The number of hydrogen-bond acceptors (Lipinski definition) is 3. The predicted octanol–water partition coefficient (Wildman–Crippen LogP) is 2.36. The molecule has 1 unspecified atom stereocenters. The van der Waals surface area contributed by atoms with Gasteiger partial charge in [0.05, 0.1) is 18.8 Å². The van der Waals surface area contributed by atoms with Crippen molar-refractivity contribution in [2.45, 2.75) is 60.7 Å². The highest BCUT2D eigenvalue weighted by atomic mass is 16.3. The molecule has 0 spiro atoms. The van der Waals surface area contributed by atoms with Crippen molar-refractivity contribution in [1.82, 2.24) is 14.7 Å². The van der Waals surface area contributed by atoms with Gasteiger partial charge in [-0.3, -0.25) is 9.58 Å². The summed E-state index contributed by atoms with van der Waals surface area (Å²) in [5, 5.41) is 13.6. The van der Waals surface area contributed by atoms with E-state index in [1.807, 2.05) is 4.68 Å². The Balaban J connectivity index is 2.91. The van der Waals surface area contributed by atoms with Gasteiger partial charge in [0.2, 0.25) is 0 Å². The minimum Gasteiger partial charge on any atom is -0.394 e. The molecule has 1 atom stereocenters. The van der Waals surface area contributed by atoms with Gasteiger partial charge in [0.25, 0.3) is 0 Å². The van der Waals surface area contributed by atoms with Crippen molar-refractivity contribution in [2.24, 2.45) is 5.92 Å². The maximum atomic E-state index is 9.06. The van der Waals surface area contributed by atoms with E-state index >= 15 is 0 Å². The second-order valence-electron chi connectivity index (χ2n) is 5.64. The summed E-state index contributed by atoms with van der Waals surface area (Å²) < 4.78 is 1.92. The highest BCUT2D eigenvalue weighted by Crippen LogP contribution is 2.19. The lowest BCUT2D eigenvalue weighted by atomic mass is 10.0. The first-order valence-electron chi connectivity index (χ1n) is 7.30. The minimum atomic E-state index is 0.140. The monoisotopic (exact) mass is 267 g/mol. The first-order chi connectivity index (χ1) is 8.92. The standard InChI is InChI=1S/C15H29N3O/c1-7-17(13(5)11(2)3)10-15-12(4)16-18(8-9-19)14(15)6/h11,13,19H,7-10H2,1-6H3. The SMILES string of the molecule is CCN(Cc1c(C)nn(CCO)c1C)C(C)C(C)C. The van der Waals surface area contributed by atoms with E-state index in [1.54, 1.807) is 0 Å². The van der Waals surface area contributed by atoms with Crippen LogP contribution in [0.4, 0.5) is 0 Å². The third-order valence-corrected chi connectivity index (χ3v) is 4.15. The number of aryl methyl sites for hydroxylation is 1. The zero-order valence-electron chi connectivity index (χ0n) is 13.3. The van der Waals surface area contributed by atoms with Gasteiger partial charge in [0.1, 0.15) is 0 Å². The van der Waals surface area contributed by atoms with E-state index in [-0.39, 0.29) is 6.61 Å². The molecule has 0 saturated heterocycles. The predicted molar refractivity (Wildman–Crippen MR) is 79.2 cm³/mol. The van der Waals surface area contributed by atoms with Gasteiger partial charge >= 0.3 is 0 Å². The molecule has 4 nitrogen and oxygen atoms in total. The Morgan fingerprint density at radius 1 is 1.26 bits per heavy atom. The van der Waals surface area contributed by atoms with Gasteiger partial charge in [-0.15, -0.1) is 0 Å². The van der Waals surface area contributed by atoms with Crippen molar-refractivity contribution < 1.29 is 5.11 Å². The number of aliphatic hydroxyl groups excluding tert-OH is 1. The largest absolute Gasteiger partial charge is 0.394 e. The Morgan fingerprint density at radius 2 is 1.89 bits per heavy atom. The Morgan fingerprint density at radius 3 is 2.37 bits per heavy atom. The van der Waals surface area contributed by atoms with Crippen molar-refractivity contribution in [3.8, 4) is 0 Å². The second kappa shape index (κ2) is 7.06. The molecule has 0 aliphatic rings. The summed E-state index contributed by atoms with van der Waals surface area (Å²) >= 11 is 0. The molecule has 0 bridgehead atoms. The number of aromatic nitrogens is 2. The molecular formula is C15H29N3O. The van der Waals surface area contributed by atoms with Gasteiger partial charge in [-0.1, -0.05) is 20.8 Å². The first-order valence-corrected chi connectivity index (χ1v) is 7.30. The van der Waals surface area contributed by atoms with Crippen LogP contribution in [0.2, 0.25) is 0 Å². The number of nitrogens with zero attached hydrogens (tertiary/aromatic N) is 3. The zero-order valence-corrected chi connectivity index (χ0v) is 13.3. The summed E-state index contributed by atoms with van der Waals surface area (Å²) in [7, 11) is 0. The maximum absolute atomic E-state index is 9.06. The van der Waals surface area contributed by atoms with E-state index in [2.05, 4.69) is 51.5 Å². The van der Waals surface area contributed by atoms with Crippen LogP contribution < -0.4 is 0 Å². The fourth-order valence-corrected chi connectivity index (χ4v) is 2.44. The van der Waals surface area contributed by atoms with E-state index in [1.165, 1.54) is 11.3 Å². The molecule has 0 saturated carbocycles. The molecule has 1 N–H and O–H groups in total. The summed E-state index contributed by atoms with van der Waals surface area (Å²) in [5.41, 5.74) is 3.57. The highest BCUT2D eigenvalue weighted by Gasteiger charge is 2.19. The van der Waals surface area contributed by atoms with Crippen molar-refractivity contribution in [3.63, 3.8) is 0 Å². The van der Waals surface area contributed by atoms with Gasteiger partial charge in [-0.2, -0.15) is 5.10 Å². The summed E-state index contributed by atoms with van der Waals surface area (Å²) in [4.78, 5) is 2.49. The fourth-order valence-electron chi connectivity index (χ4n) is 2.44. The molecule has 19 heavy (non-hydrogen) atoms. The quantitative estimate of drug-likeness (QED) is 0.824. The average Bonchev–Trinajstić information content (AvgIpc) is 2.62. The van der Waals surface area contributed by atoms with Gasteiger partial charge in [0, 0.05) is 23.8 Å². The van der Waals surface area contributed by atoms with Crippen LogP contribution in [0, 0.1) is 19.8 Å². The van der Waals surface area contributed by atoms with E-state index in [0.29, 0.717) is 18.5 Å². The van der Waals surface area contributed by atoms with E-state index < -0.39 is 0 Å². The molecule has 0 radical (unpaired) electrons. The summed E-state index contributed by atoms with van der Waals surface area (Å²) in [6.07, 6.45) is 0. The number of hydrogen-bond donors (Lipinski definition) is 1. The normalized spacial score (nSPS) is 13.5. The molecule has 0 aliphatic heterocycles. The Hall–Kier alpha value is -0.870. The Labute approximate surface area is 117 Å². The molecule has 1 aromatic rings. The van der Waals surface area contributed by atoms with Gasteiger partial charge < -0.3 is 5.11 Å². The van der Waals surface area contributed by atoms with E-state index in [0.717, 1.165) is 18.8 Å². The highest BCUT2D eigenvalue weighted by molar-refractivity contribution is 5.24. The smallest absolute Gasteiger partial charge is 0.0644 e. The Kier molecular flexibility index (Phi) is 6.01. The Bertz CT molecular complexity index is 398. The van der Waals surface area contributed by atoms with Crippen LogP contribution in [0.15, 0.2) is 0 Å². The third-order valence-electron chi connectivity index (χ3n) is 4.15. The van der Waals surface area contributed by atoms with Crippen LogP contribution in [0.1, 0.15) is 44.6 Å². The maximum Gasteiger partial charge on any atom is 0.0644 e. The molecule has 1 aromatic heterocycles. The minimum absolute atomic E-state index is 0.140. The number of aliphatic hydroxyl groups is 1. The van der Waals surface area contributed by atoms with Crippen LogP contribution in [-0.2, 0) is 13.1 Å². The lowest BCUT2D eigenvalue weighted by Gasteiger charge is -2.30. The van der Waals surface area contributed by atoms with Crippen LogP contribution in [0.25, 0.3) is 0 Å². The molecular weight excluding hydrogens is 238 g/mol. The average molecular weight is 267 g/mol. The molecule has 0 aromatic carbocycles. The fraction of sp³-hybridized carbons (Fsp3) is 0.800. The first kappa shape index (κ1) is 16.2. The summed E-state index contributed by atoms with van der Waals surface area (Å²) in [6, 6.07) is 0.560. The summed E-state index contributed by atoms with van der Waals surface area (Å²) in [6.45, 7) is 15.9. The van der Waals surface area contributed by atoms with Crippen molar-refractivity contribution in [1.29, 1.82) is 0 Å². The lowest BCUT2D eigenvalue weighted by Crippen LogP contribution is -2.36. The van der Waals surface area contributed by atoms with Crippen LogP contribution >= 0.6 is 0 Å². The van der Waals surface area contributed by atoms with Gasteiger partial charge in [-0.25, -0.2) is 0 Å². The van der Waals surface area contributed by atoms with Crippen molar-refractivity contribution in [2.75, 3.05) is 13.2 Å². The number of rotatable bonds is 7. The molecule has 1 heterocycles. The van der Waals surface area contributed by atoms with Crippen LogP contribution in [-0.4, -0.2) is 39.0 Å². The second-order valence-corrected chi connectivity index (χ2v) is 5.64.